The van der Waals surface area contributed by atoms with E-state index in [2.05, 4.69) is 28.6 Å². The zero-order valence-electron chi connectivity index (χ0n) is 14.4. The quantitative estimate of drug-likeness (QED) is 0.790. The molecule has 2 aliphatic rings. The Morgan fingerprint density at radius 2 is 1.75 bits per heavy atom. The number of aromatic nitrogens is 1. The third-order valence-electron chi connectivity index (χ3n) is 4.68. The highest BCUT2D eigenvalue weighted by Crippen LogP contribution is 2.27. The van der Waals surface area contributed by atoms with Gasteiger partial charge in [-0.15, -0.1) is 0 Å². The summed E-state index contributed by atoms with van der Waals surface area (Å²) in [5.41, 5.74) is 0. The molecular weight excluding hydrogens is 328 g/mol. The van der Waals surface area contributed by atoms with E-state index in [4.69, 9.17) is 4.74 Å². The molecule has 0 atom stereocenters. The van der Waals surface area contributed by atoms with Crippen molar-refractivity contribution in [3.63, 3.8) is 0 Å². The molecule has 0 aliphatic carbocycles. The highest BCUT2D eigenvalue weighted by Gasteiger charge is 2.31. The summed E-state index contributed by atoms with van der Waals surface area (Å²) in [4.78, 5) is 9.20. The number of ether oxygens (including phenoxy) is 1. The lowest BCUT2D eigenvalue weighted by Gasteiger charge is -2.38. The van der Waals surface area contributed by atoms with Crippen molar-refractivity contribution in [3.05, 3.63) is 18.3 Å². The van der Waals surface area contributed by atoms with Crippen LogP contribution in [0.4, 0.5) is 5.82 Å². The molecule has 0 amide bonds. The van der Waals surface area contributed by atoms with E-state index in [1.807, 2.05) is 0 Å². The number of anilines is 1. The van der Waals surface area contributed by atoms with Crippen LogP contribution in [-0.4, -0.2) is 81.1 Å². The van der Waals surface area contributed by atoms with E-state index in [9.17, 15) is 8.42 Å². The van der Waals surface area contributed by atoms with Crippen molar-refractivity contribution < 1.29 is 13.2 Å². The maximum absolute atomic E-state index is 13.0. The molecule has 8 heteroatoms. The second kappa shape index (κ2) is 7.35. The number of sulfonamides is 1. The number of piperazine rings is 1. The summed E-state index contributed by atoms with van der Waals surface area (Å²) in [5.74, 6) is 0.576. The normalized spacial score (nSPS) is 21.4. The lowest BCUT2D eigenvalue weighted by molar-refractivity contribution is 0.0730. The van der Waals surface area contributed by atoms with Gasteiger partial charge in [-0.2, -0.15) is 4.31 Å². The van der Waals surface area contributed by atoms with Gasteiger partial charge in [0.25, 0.3) is 0 Å². The predicted molar refractivity (Wildman–Crippen MR) is 92.7 cm³/mol. The molecule has 134 valence electrons. The van der Waals surface area contributed by atoms with Crippen LogP contribution in [0.2, 0.25) is 0 Å². The van der Waals surface area contributed by atoms with Gasteiger partial charge >= 0.3 is 0 Å². The lowest BCUT2D eigenvalue weighted by atomic mass is 10.2. The van der Waals surface area contributed by atoms with E-state index >= 15 is 0 Å². The number of morpholine rings is 1. The summed E-state index contributed by atoms with van der Waals surface area (Å²) >= 11 is 0. The molecule has 2 fully saturated rings. The highest BCUT2D eigenvalue weighted by atomic mass is 32.2. The Labute approximate surface area is 144 Å². The van der Waals surface area contributed by atoms with Crippen LogP contribution in [0.5, 0.6) is 0 Å². The zero-order chi connectivity index (χ0) is 17.2. The van der Waals surface area contributed by atoms with E-state index in [1.54, 1.807) is 18.3 Å². The van der Waals surface area contributed by atoms with Gasteiger partial charge in [0.1, 0.15) is 10.7 Å². The van der Waals surface area contributed by atoms with Crippen molar-refractivity contribution in [3.8, 4) is 0 Å². The molecule has 0 radical (unpaired) electrons. The van der Waals surface area contributed by atoms with Crippen LogP contribution in [0.1, 0.15) is 13.8 Å². The standard InChI is InChI=1S/C16H26N4O3S/c1-14(2)18-6-8-19(9-7-18)16-15(4-3-5-17-16)24(21,22)20-10-12-23-13-11-20/h3-5,14H,6-13H2,1-2H3. The average Bonchev–Trinajstić information content (AvgIpc) is 2.62. The van der Waals surface area contributed by atoms with E-state index < -0.39 is 10.0 Å². The summed E-state index contributed by atoms with van der Waals surface area (Å²) in [5, 5.41) is 0. The van der Waals surface area contributed by atoms with Crippen molar-refractivity contribution in [2.24, 2.45) is 0 Å². The van der Waals surface area contributed by atoms with Crippen LogP contribution in [-0.2, 0) is 14.8 Å². The third kappa shape index (κ3) is 3.56. The highest BCUT2D eigenvalue weighted by molar-refractivity contribution is 7.89. The largest absolute Gasteiger partial charge is 0.379 e. The molecule has 24 heavy (non-hydrogen) atoms. The Balaban J connectivity index is 1.83. The van der Waals surface area contributed by atoms with E-state index in [1.165, 1.54) is 4.31 Å². The Morgan fingerprint density at radius 3 is 2.38 bits per heavy atom. The van der Waals surface area contributed by atoms with E-state index in [0.717, 1.165) is 26.2 Å². The first-order valence-corrected chi connectivity index (χ1v) is 9.96. The monoisotopic (exact) mass is 354 g/mol. The van der Waals surface area contributed by atoms with Gasteiger partial charge in [0.05, 0.1) is 13.2 Å². The van der Waals surface area contributed by atoms with Gasteiger partial charge in [-0.05, 0) is 26.0 Å². The van der Waals surface area contributed by atoms with Gasteiger partial charge in [0.2, 0.25) is 10.0 Å². The Kier molecular flexibility index (Phi) is 5.39. The van der Waals surface area contributed by atoms with Crippen LogP contribution < -0.4 is 4.90 Å². The van der Waals surface area contributed by atoms with Crippen LogP contribution in [0, 0.1) is 0 Å². The lowest BCUT2D eigenvalue weighted by Crippen LogP contribution is -2.49. The molecule has 1 aromatic heterocycles. The summed E-state index contributed by atoms with van der Waals surface area (Å²) in [6.45, 7) is 9.49. The predicted octanol–water partition coefficient (Wildman–Crippen LogP) is 0.633. The van der Waals surface area contributed by atoms with Gasteiger partial charge < -0.3 is 9.64 Å². The van der Waals surface area contributed by atoms with Crippen LogP contribution >= 0.6 is 0 Å². The van der Waals surface area contributed by atoms with Crippen LogP contribution in [0.25, 0.3) is 0 Å². The zero-order valence-corrected chi connectivity index (χ0v) is 15.2. The summed E-state index contributed by atoms with van der Waals surface area (Å²) in [6.07, 6.45) is 1.67. The topological polar surface area (TPSA) is 66.0 Å². The molecular formula is C16H26N4O3S. The third-order valence-corrected chi connectivity index (χ3v) is 6.60. The van der Waals surface area contributed by atoms with Crippen molar-refractivity contribution >= 4 is 15.8 Å². The molecule has 2 aliphatic heterocycles. The number of hydrogen-bond acceptors (Lipinski definition) is 6. The Hall–Kier alpha value is -1.22. The fourth-order valence-electron chi connectivity index (χ4n) is 3.20. The minimum atomic E-state index is -3.54. The molecule has 0 N–H and O–H groups in total. The fraction of sp³-hybridized carbons (Fsp3) is 0.688. The summed E-state index contributed by atoms with van der Waals surface area (Å²) in [7, 11) is -3.54. The smallest absolute Gasteiger partial charge is 0.246 e. The minimum absolute atomic E-state index is 0.310. The van der Waals surface area contributed by atoms with Crippen molar-refractivity contribution in [2.45, 2.75) is 24.8 Å². The molecule has 0 spiro atoms. The van der Waals surface area contributed by atoms with Crippen molar-refractivity contribution in [1.82, 2.24) is 14.2 Å². The van der Waals surface area contributed by atoms with Gasteiger partial charge in [0, 0.05) is 51.5 Å². The average molecular weight is 354 g/mol. The molecule has 3 heterocycles. The van der Waals surface area contributed by atoms with Gasteiger partial charge in [0.15, 0.2) is 0 Å². The number of nitrogens with zero attached hydrogens (tertiary/aromatic N) is 4. The molecule has 0 unspecified atom stereocenters. The van der Waals surface area contributed by atoms with Crippen LogP contribution in [0.3, 0.4) is 0 Å². The molecule has 0 saturated carbocycles. The van der Waals surface area contributed by atoms with Gasteiger partial charge in [-0.25, -0.2) is 13.4 Å². The van der Waals surface area contributed by atoms with Gasteiger partial charge in [-0.3, -0.25) is 4.90 Å². The second-order valence-electron chi connectivity index (χ2n) is 6.46. The van der Waals surface area contributed by atoms with Gasteiger partial charge in [-0.1, -0.05) is 0 Å². The molecule has 2 saturated heterocycles. The maximum Gasteiger partial charge on any atom is 0.246 e. The minimum Gasteiger partial charge on any atom is -0.379 e. The van der Waals surface area contributed by atoms with Crippen molar-refractivity contribution in [1.29, 1.82) is 0 Å². The molecule has 0 aromatic carbocycles. The number of pyridine rings is 1. The summed E-state index contributed by atoms with van der Waals surface area (Å²) < 4.78 is 32.8. The van der Waals surface area contributed by atoms with Crippen LogP contribution in [0.15, 0.2) is 23.2 Å². The van der Waals surface area contributed by atoms with E-state index in [0.29, 0.717) is 43.1 Å². The molecule has 0 bridgehead atoms. The molecule has 3 rings (SSSR count). The number of hydrogen-bond donors (Lipinski definition) is 0. The summed E-state index contributed by atoms with van der Waals surface area (Å²) in [6, 6.07) is 3.87. The first kappa shape index (κ1) is 17.6. The number of rotatable bonds is 4. The maximum atomic E-state index is 13.0. The second-order valence-corrected chi connectivity index (χ2v) is 8.36. The van der Waals surface area contributed by atoms with E-state index in [-0.39, 0.29) is 0 Å². The van der Waals surface area contributed by atoms with Crippen molar-refractivity contribution in [2.75, 3.05) is 57.4 Å². The fourth-order valence-corrected chi connectivity index (χ4v) is 4.77. The molecule has 1 aromatic rings. The molecule has 7 nitrogen and oxygen atoms in total. The Bertz CT molecular complexity index is 651. The first-order valence-electron chi connectivity index (χ1n) is 8.52. The Morgan fingerprint density at radius 1 is 1.08 bits per heavy atom. The first-order chi connectivity index (χ1) is 11.5. The SMILES string of the molecule is CC(C)N1CCN(c2ncccc2S(=O)(=O)N2CCOCC2)CC1.